The van der Waals surface area contributed by atoms with Crippen LogP contribution < -0.4 is 10.6 Å². The molecule has 1 aromatic rings. The van der Waals surface area contributed by atoms with Gasteiger partial charge in [0.05, 0.1) is 12.5 Å². The van der Waals surface area contributed by atoms with Crippen LogP contribution in [0.4, 0.5) is 5.82 Å². The van der Waals surface area contributed by atoms with E-state index >= 15 is 0 Å². The molecule has 1 heterocycles. The largest absolute Gasteiger partial charge is 0.356 e. The number of hydrogen-bond donors (Lipinski definition) is 1. The number of pyridine rings is 1. The lowest BCUT2D eigenvalue weighted by Crippen LogP contribution is -2.24. The summed E-state index contributed by atoms with van der Waals surface area (Å²) in [4.78, 5) is 6.44. The minimum absolute atomic E-state index is 0.00994. The standard InChI is InChI=1S/C12H18N4/c1-3-16(8-4-7-13)12-6-5-11(9-15-12)10(2)14/h5-6,9-10H,3-4,8,14H2,1-2H3/t10-/m0/s1. The molecule has 0 unspecified atom stereocenters. The van der Waals surface area contributed by atoms with E-state index in [0.717, 1.165) is 24.5 Å². The smallest absolute Gasteiger partial charge is 0.128 e. The van der Waals surface area contributed by atoms with E-state index < -0.39 is 0 Å². The first-order valence-corrected chi connectivity index (χ1v) is 5.52. The van der Waals surface area contributed by atoms with Gasteiger partial charge >= 0.3 is 0 Å². The summed E-state index contributed by atoms with van der Waals surface area (Å²) >= 11 is 0. The summed E-state index contributed by atoms with van der Waals surface area (Å²) in [5.74, 6) is 0.905. The second-order valence-electron chi connectivity index (χ2n) is 3.73. The zero-order chi connectivity index (χ0) is 12.0. The molecule has 86 valence electrons. The van der Waals surface area contributed by atoms with Gasteiger partial charge in [0.25, 0.3) is 0 Å². The Bertz CT molecular complexity index is 350. The van der Waals surface area contributed by atoms with Crippen molar-refractivity contribution in [1.82, 2.24) is 4.98 Å². The zero-order valence-corrected chi connectivity index (χ0v) is 9.85. The summed E-state index contributed by atoms with van der Waals surface area (Å²) in [7, 11) is 0. The first-order chi connectivity index (χ1) is 7.69. The predicted molar refractivity (Wildman–Crippen MR) is 65.0 cm³/mol. The number of hydrogen-bond acceptors (Lipinski definition) is 4. The van der Waals surface area contributed by atoms with Gasteiger partial charge in [-0.3, -0.25) is 0 Å². The molecule has 2 N–H and O–H groups in total. The third kappa shape index (κ3) is 3.21. The van der Waals surface area contributed by atoms with Gasteiger partial charge in [0, 0.05) is 25.3 Å². The molecule has 1 atom stereocenters. The fourth-order valence-corrected chi connectivity index (χ4v) is 1.47. The van der Waals surface area contributed by atoms with Gasteiger partial charge in [-0.25, -0.2) is 4.98 Å². The number of anilines is 1. The van der Waals surface area contributed by atoms with Crippen LogP contribution in [0.5, 0.6) is 0 Å². The Hall–Kier alpha value is -1.60. The SMILES string of the molecule is CCN(CCC#N)c1ccc([C@H](C)N)cn1. The highest BCUT2D eigenvalue weighted by Gasteiger charge is 2.06. The summed E-state index contributed by atoms with van der Waals surface area (Å²) < 4.78 is 0. The van der Waals surface area contributed by atoms with E-state index in [-0.39, 0.29) is 6.04 Å². The van der Waals surface area contributed by atoms with Crippen molar-refractivity contribution in [2.75, 3.05) is 18.0 Å². The van der Waals surface area contributed by atoms with Gasteiger partial charge in [-0.05, 0) is 25.5 Å². The third-order valence-corrected chi connectivity index (χ3v) is 2.50. The molecule has 4 nitrogen and oxygen atoms in total. The Labute approximate surface area is 96.7 Å². The number of nitriles is 1. The van der Waals surface area contributed by atoms with Gasteiger partial charge in [0.1, 0.15) is 5.82 Å². The van der Waals surface area contributed by atoms with Gasteiger partial charge in [-0.1, -0.05) is 6.07 Å². The van der Waals surface area contributed by atoms with E-state index in [1.807, 2.05) is 19.1 Å². The number of rotatable bonds is 5. The molecular formula is C12H18N4. The minimum Gasteiger partial charge on any atom is -0.356 e. The van der Waals surface area contributed by atoms with Gasteiger partial charge in [-0.15, -0.1) is 0 Å². The van der Waals surface area contributed by atoms with E-state index in [1.165, 1.54) is 0 Å². The number of aromatic nitrogens is 1. The van der Waals surface area contributed by atoms with Crippen molar-refractivity contribution in [3.05, 3.63) is 23.9 Å². The molecule has 0 amide bonds. The summed E-state index contributed by atoms with van der Waals surface area (Å²) in [5, 5.41) is 8.56. The lowest BCUT2D eigenvalue weighted by molar-refractivity contribution is 0.791. The van der Waals surface area contributed by atoms with Crippen molar-refractivity contribution >= 4 is 5.82 Å². The molecular weight excluding hydrogens is 200 g/mol. The molecule has 16 heavy (non-hydrogen) atoms. The molecule has 0 aliphatic carbocycles. The van der Waals surface area contributed by atoms with Crippen LogP contribution in [0.25, 0.3) is 0 Å². The summed E-state index contributed by atoms with van der Waals surface area (Å²) in [6.07, 6.45) is 2.32. The number of nitrogens with two attached hydrogens (primary N) is 1. The molecule has 0 aliphatic heterocycles. The van der Waals surface area contributed by atoms with Crippen LogP contribution in [0.2, 0.25) is 0 Å². The highest BCUT2D eigenvalue weighted by atomic mass is 15.2. The highest BCUT2D eigenvalue weighted by Crippen LogP contribution is 2.14. The quantitative estimate of drug-likeness (QED) is 0.819. The molecule has 0 spiro atoms. The minimum atomic E-state index is 0.00994. The lowest BCUT2D eigenvalue weighted by atomic mass is 10.1. The van der Waals surface area contributed by atoms with Crippen LogP contribution in [-0.2, 0) is 0 Å². The van der Waals surface area contributed by atoms with Crippen LogP contribution in [0, 0.1) is 11.3 Å². The summed E-state index contributed by atoms with van der Waals surface area (Å²) in [6.45, 7) is 5.56. The monoisotopic (exact) mass is 218 g/mol. The molecule has 4 heteroatoms. The van der Waals surface area contributed by atoms with Gasteiger partial charge in [0.2, 0.25) is 0 Å². The van der Waals surface area contributed by atoms with Gasteiger partial charge < -0.3 is 10.6 Å². The van der Waals surface area contributed by atoms with E-state index in [9.17, 15) is 0 Å². The van der Waals surface area contributed by atoms with Crippen LogP contribution >= 0.6 is 0 Å². The molecule has 0 aliphatic rings. The Kier molecular flexibility index (Phi) is 4.74. The second-order valence-corrected chi connectivity index (χ2v) is 3.73. The average molecular weight is 218 g/mol. The fraction of sp³-hybridized carbons (Fsp3) is 0.500. The average Bonchev–Trinajstić information content (AvgIpc) is 2.30. The Morgan fingerprint density at radius 3 is 2.75 bits per heavy atom. The van der Waals surface area contributed by atoms with Crippen molar-refractivity contribution in [3.63, 3.8) is 0 Å². The van der Waals surface area contributed by atoms with E-state index in [1.54, 1.807) is 6.20 Å². The fourth-order valence-electron chi connectivity index (χ4n) is 1.47. The van der Waals surface area contributed by atoms with E-state index in [2.05, 4.69) is 22.9 Å². The van der Waals surface area contributed by atoms with Gasteiger partial charge in [-0.2, -0.15) is 5.26 Å². The second kappa shape index (κ2) is 6.09. The Balaban J connectivity index is 2.75. The Morgan fingerprint density at radius 2 is 2.31 bits per heavy atom. The van der Waals surface area contributed by atoms with Crippen LogP contribution in [0.1, 0.15) is 31.9 Å². The van der Waals surface area contributed by atoms with Crippen LogP contribution in [-0.4, -0.2) is 18.1 Å². The first-order valence-electron chi connectivity index (χ1n) is 5.52. The lowest BCUT2D eigenvalue weighted by Gasteiger charge is -2.20. The molecule has 0 bridgehead atoms. The molecule has 0 radical (unpaired) electrons. The summed E-state index contributed by atoms with van der Waals surface area (Å²) in [5.41, 5.74) is 6.78. The highest BCUT2D eigenvalue weighted by molar-refractivity contribution is 5.39. The van der Waals surface area contributed by atoms with Crippen molar-refractivity contribution in [2.24, 2.45) is 5.73 Å². The van der Waals surface area contributed by atoms with Crippen molar-refractivity contribution < 1.29 is 0 Å². The Morgan fingerprint density at radius 1 is 1.56 bits per heavy atom. The van der Waals surface area contributed by atoms with Crippen LogP contribution in [0.3, 0.4) is 0 Å². The maximum Gasteiger partial charge on any atom is 0.128 e. The van der Waals surface area contributed by atoms with Gasteiger partial charge in [0.15, 0.2) is 0 Å². The predicted octanol–water partition coefficient (Wildman–Crippen LogP) is 1.84. The summed E-state index contributed by atoms with van der Waals surface area (Å²) in [6, 6.07) is 6.10. The molecule has 0 saturated heterocycles. The van der Waals surface area contributed by atoms with E-state index in [4.69, 9.17) is 11.0 Å². The molecule has 0 fully saturated rings. The topological polar surface area (TPSA) is 65.9 Å². The zero-order valence-electron chi connectivity index (χ0n) is 9.85. The van der Waals surface area contributed by atoms with Crippen molar-refractivity contribution in [2.45, 2.75) is 26.3 Å². The molecule has 1 aromatic heterocycles. The van der Waals surface area contributed by atoms with Crippen molar-refractivity contribution in [3.8, 4) is 6.07 Å². The molecule has 0 saturated carbocycles. The third-order valence-electron chi connectivity index (χ3n) is 2.50. The molecule has 0 aromatic carbocycles. The normalized spacial score (nSPS) is 11.9. The first kappa shape index (κ1) is 12.5. The maximum atomic E-state index is 8.56. The molecule has 1 rings (SSSR count). The maximum absolute atomic E-state index is 8.56. The number of nitrogens with zero attached hydrogens (tertiary/aromatic N) is 3. The van der Waals surface area contributed by atoms with Crippen molar-refractivity contribution in [1.29, 1.82) is 5.26 Å². The van der Waals surface area contributed by atoms with E-state index in [0.29, 0.717) is 6.42 Å². The van der Waals surface area contributed by atoms with Crippen LogP contribution in [0.15, 0.2) is 18.3 Å².